The Morgan fingerprint density at radius 3 is 2.90 bits per heavy atom. The number of nitrogens with two attached hydrogens (primary N) is 1. The molecule has 1 saturated heterocycles. The number of anilines is 2. The second kappa shape index (κ2) is 5.22. The number of nitrogens with one attached hydrogen (secondary N) is 2. The number of fused-ring (bicyclic) bond motifs is 1. The number of benzene rings is 1. The summed E-state index contributed by atoms with van der Waals surface area (Å²) in [6.45, 7) is 3.66. The van der Waals surface area contributed by atoms with Crippen molar-refractivity contribution in [3.8, 4) is 0 Å². The third-order valence-electron chi connectivity index (χ3n) is 3.59. The zero-order valence-electron chi connectivity index (χ0n) is 11.5. The van der Waals surface area contributed by atoms with Crippen molar-refractivity contribution in [1.82, 2.24) is 9.97 Å². The third kappa shape index (κ3) is 2.52. The van der Waals surface area contributed by atoms with Crippen LogP contribution in [0.1, 0.15) is 19.8 Å². The highest BCUT2D eigenvalue weighted by Crippen LogP contribution is 2.28. The molecule has 106 valence electrons. The predicted octanol–water partition coefficient (Wildman–Crippen LogP) is 1.90. The monoisotopic (exact) mass is 273 g/mol. The van der Waals surface area contributed by atoms with Crippen LogP contribution < -0.4 is 16.6 Å². The normalized spacial score (nSPS) is 22.7. The Morgan fingerprint density at radius 1 is 1.30 bits per heavy atom. The second-order valence-corrected chi connectivity index (χ2v) is 5.40. The number of hydrazine groups is 1. The van der Waals surface area contributed by atoms with Gasteiger partial charge in [-0.25, -0.2) is 10.8 Å². The first kappa shape index (κ1) is 13.1. The van der Waals surface area contributed by atoms with E-state index in [1.165, 1.54) is 0 Å². The van der Waals surface area contributed by atoms with Gasteiger partial charge in [0.05, 0.1) is 17.7 Å². The maximum absolute atomic E-state index is 5.58. The molecule has 1 fully saturated rings. The smallest absolute Gasteiger partial charge is 0.239 e. The molecule has 1 atom stereocenters. The van der Waals surface area contributed by atoms with Gasteiger partial charge in [-0.15, -0.1) is 0 Å². The van der Waals surface area contributed by atoms with Crippen LogP contribution in [-0.2, 0) is 4.74 Å². The van der Waals surface area contributed by atoms with Crippen LogP contribution in [0.25, 0.3) is 10.9 Å². The first-order valence-electron chi connectivity index (χ1n) is 6.79. The van der Waals surface area contributed by atoms with Gasteiger partial charge in [-0.3, -0.25) is 5.43 Å². The van der Waals surface area contributed by atoms with E-state index in [2.05, 4.69) is 27.6 Å². The van der Waals surface area contributed by atoms with E-state index >= 15 is 0 Å². The van der Waals surface area contributed by atoms with Gasteiger partial charge in [0, 0.05) is 12.0 Å². The van der Waals surface area contributed by atoms with Crippen molar-refractivity contribution in [2.75, 3.05) is 24.0 Å². The van der Waals surface area contributed by atoms with E-state index in [4.69, 9.17) is 10.6 Å². The molecule has 1 aromatic carbocycles. The minimum atomic E-state index is -0.110. The summed E-state index contributed by atoms with van der Waals surface area (Å²) in [6.07, 6.45) is 2.10. The standard InChI is InChI=1S/C14H19N5O/c1-14(7-4-8-20-9-14)18-12-10-5-2-3-6-11(10)16-13(17-12)19-15/h2-3,5-6H,4,7-9,15H2,1H3,(H2,16,17,18,19). The van der Waals surface area contributed by atoms with Gasteiger partial charge in [0.1, 0.15) is 5.82 Å². The quantitative estimate of drug-likeness (QED) is 0.585. The molecule has 0 bridgehead atoms. The van der Waals surface area contributed by atoms with Crippen molar-refractivity contribution in [2.45, 2.75) is 25.3 Å². The Morgan fingerprint density at radius 2 is 2.15 bits per heavy atom. The topological polar surface area (TPSA) is 85.1 Å². The zero-order chi connectivity index (χ0) is 14.0. The summed E-state index contributed by atoms with van der Waals surface area (Å²) in [4.78, 5) is 8.80. The van der Waals surface area contributed by atoms with Gasteiger partial charge in [-0.05, 0) is 31.9 Å². The lowest BCUT2D eigenvalue weighted by molar-refractivity contribution is 0.0539. The van der Waals surface area contributed by atoms with Gasteiger partial charge in [0.25, 0.3) is 0 Å². The van der Waals surface area contributed by atoms with Crippen LogP contribution >= 0.6 is 0 Å². The Labute approximate surface area is 117 Å². The van der Waals surface area contributed by atoms with Gasteiger partial charge in [-0.2, -0.15) is 4.98 Å². The molecule has 2 heterocycles. The number of nitrogens with zero attached hydrogens (tertiary/aromatic N) is 2. The average Bonchev–Trinajstić information content (AvgIpc) is 2.47. The van der Waals surface area contributed by atoms with Crippen LogP contribution in [0, 0.1) is 0 Å². The molecule has 0 aliphatic carbocycles. The average molecular weight is 273 g/mol. The van der Waals surface area contributed by atoms with Crippen molar-refractivity contribution >= 4 is 22.7 Å². The lowest BCUT2D eigenvalue weighted by Crippen LogP contribution is -2.43. The molecule has 2 aromatic rings. The van der Waals surface area contributed by atoms with Crippen LogP contribution in [0.4, 0.5) is 11.8 Å². The van der Waals surface area contributed by atoms with E-state index in [9.17, 15) is 0 Å². The Kier molecular flexibility index (Phi) is 3.42. The fraction of sp³-hybridized carbons (Fsp3) is 0.429. The Bertz CT molecular complexity index is 610. The summed E-state index contributed by atoms with van der Waals surface area (Å²) in [5.41, 5.74) is 3.27. The summed E-state index contributed by atoms with van der Waals surface area (Å²) in [5.74, 6) is 6.65. The van der Waals surface area contributed by atoms with Crippen molar-refractivity contribution in [1.29, 1.82) is 0 Å². The number of para-hydroxylation sites is 1. The van der Waals surface area contributed by atoms with Crippen LogP contribution in [0.3, 0.4) is 0 Å². The van der Waals surface area contributed by atoms with E-state index < -0.39 is 0 Å². The summed E-state index contributed by atoms with van der Waals surface area (Å²) < 4.78 is 5.58. The highest BCUT2D eigenvalue weighted by Gasteiger charge is 2.28. The maximum Gasteiger partial charge on any atom is 0.239 e. The number of ether oxygens (including phenoxy) is 1. The van der Waals surface area contributed by atoms with E-state index in [1.807, 2.05) is 24.3 Å². The highest BCUT2D eigenvalue weighted by molar-refractivity contribution is 5.90. The highest BCUT2D eigenvalue weighted by atomic mass is 16.5. The lowest BCUT2D eigenvalue weighted by Gasteiger charge is -2.35. The van der Waals surface area contributed by atoms with Gasteiger partial charge in [0.2, 0.25) is 5.95 Å². The summed E-state index contributed by atoms with van der Waals surface area (Å²) >= 11 is 0. The summed E-state index contributed by atoms with van der Waals surface area (Å²) in [5, 5.41) is 4.49. The van der Waals surface area contributed by atoms with Gasteiger partial charge in [-0.1, -0.05) is 12.1 Å². The van der Waals surface area contributed by atoms with E-state index in [0.717, 1.165) is 36.2 Å². The molecule has 0 amide bonds. The number of nitrogen functional groups attached to an aromatic ring is 1. The second-order valence-electron chi connectivity index (χ2n) is 5.40. The first-order valence-corrected chi connectivity index (χ1v) is 6.79. The fourth-order valence-corrected chi connectivity index (χ4v) is 2.55. The van der Waals surface area contributed by atoms with Crippen LogP contribution in [0.15, 0.2) is 24.3 Å². The first-order chi connectivity index (χ1) is 9.70. The fourth-order valence-electron chi connectivity index (χ4n) is 2.55. The molecule has 1 aliphatic rings. The minimum absolute atomic E-state index is 0.110. The molecule has 0 saturated carbocycles. The van der Waals surface area contributed by atoms with E-state index in [-0.39, 0.29) is 5.54 Å². The molecular formula is C14H19N5O. The molecule has 6 nitrogen and oxygen atoms in total. The Balaban J connectivity index is 2.01. The van der Waals surface area contributed by atoms with Crippen LogP contribution in [0.5, 0.6) is 0 Å². The van der Waals surface area contributed by atoms with Crippen molar-refractivity contribution in [3.63, 3.8) is 0 Å². The zero-order valence-corrected chi connectivity index (χ0v) is 11.5. The molecule has 3 rings (SSSR count). The SMILES string of the molecule is CC1(Nc2nc(NN)nc3ccccc23)CCCOC1. The molecule has 4 N–H and O–H groups in total. The molecule has 6 heteroatoms. The number of hydrogen-bond acceptors (Lipinski definition) is 6. The van der Waals surface area contributed by atoms with E-state index in [0.29, 0.717) is 12.6 Å². The molecule has 1 unspecified atom stereocenters. The van der Waals surface area contributed by atoms with Gasteiger partial charge in [0.15, 0.2) is 0 Å². The maximum atomic E-state index is 5.58. The van der Waals surface area contributed by atoms with Gasteiger partial charge >= 0.3 is 0 Å². The molecule has 1 aromatic heterocycles. The Hall–Kier alpha value is -1.92. The molecule has 0 spiro atoms. The minimum Gasteiger partial charge on any atom is -0.379 e. The van der Waals surface area contributed by atoms with Crippen molar-refractivity contribution < 1.29 is 4.74 Å². The number of rotatable bonds is 3. The van der Waals surface area contributed by atoms with E-state index in [1.54, 1.807) is 0 Å². The largest absolute Gasteiger partial charge is 0.379 e. The summed E-state index contributed by atoms with van der Waals surface area (Å²) in [6, 6.07) is 7.88. The van der Waals surface area contributed by atoms with Gasteiger partial charge < -0.3 is 10.1 Å². The summed E-state index contributed by atoms with van der Waals surface area (Å²) in [7, 11) is 0. The number of hydrogen-bond donors (Lipinski definition) is 3. The predicted molar refractivity (Wildman–Crippen MR) is 79.4 cm³/mol. The van der Waals surface area contributed by atoms with Crippen molar-refractivity contribution in [3.05, 3.63) is 24.3 Å². The molecule has 1 aliphatic heterocycles. The van der Waals surface area contributed by atoms with Crippen LogP contribution in [0.2, 0.25) is 0 Å². The van der Waals surface area contributed by atoms with Crippen LogP contribution in [-0.4, -0.2) is 28.7 Å². The number of aromatic nitrogens is 2. The molecule has 0 radical (unpaired) electrons. The third-order valence-corrected chi connectivity index (χ3v) is 3.59. The molecule has 20 heavy (non-hydrogen) atoms. The van der Waals surface area contributed by atoms with Crippen molar-refractivity contribution in [2.24, 2.45) is 5.84 Å². The molecular weight excluding hydrogens is 254 g/mol. The lowest BCUT2D eigenvalue weighted by atomic mass is 9.95.